The molecule has 1 fully saturated rings. The molecular formula is C22H29ClN2O2. The predicted molar refractivity (Wildman–Crippen MR) is 112 cm³/mol. The Labute approximate surface area is 168 Å². The van der Waals surface area contributed by atoms with Crippen LogP contribution < -0.4 is 10.5 Å². The van der Waals surface area contributed by atoms with Gasteiger partial charge in [-0.15, -0.1) is 12.4 Å². The van der Waals surface area contributed by atoms with Crippen LogP contribution in [0.25, 0.3) is 0 Å². The number of para-hydroxylation sites is 1. The summed E-state index contributed by atoms with van der Waals surface area (Å²) in [7, 11) is 1.67. The third-order valence-electron chi connectivity index (χ3n) is 5.47. The molecular weight excluding hydrogens is 360 g/mol. The van der Waals surface area contributed by atoms with E-state index in [-0.39, 0.29) is 24.2 Å². The molecule has 2 aromatic rings. The molecule has 1 aliphatic rings. The first-order valence-corrected chi connectivity index (χ1v) is 9.29. The molecule has 5 heteroatoms. The van der Waals surface area contributed by atoms with Crippen molar-refractivity contribution in [1.29, 1.82) is 0 Å². The van der Waals surface area contributed by atoms with Crippen molar-refractivity contribution in [2.75, 3.05) is 26.7 Å². The van der Waals surface area contributed by atoms with Crippen molar-refractivity contribution in [3.05, 3.63) is 65.7 Å². The van der Waals surface area contributed by atoms with Crippen LogP contribution in [0.5, 0.6) is 5.75 Å². The summed E-state index contributed by atoms with van der Waals surface area (Å²) in [5.41, 5.74) is 8.35. The molecule has 1 heterocycles. The Bertz CT molecular complexity index is 738. The number of hydrogen-bond donors (Lipinski definition) is 1. The van der Waals surface area contributed by atoms with E-state index in [4.69, 9.17) is 10.5 Å². The van der Waals surface area contributed by atoms with Crippen molar-refractivity contribution < 1.29 is 9.53 Å². The van der Waals surface area contributed by atoms with E-state index in [1.165, 1.54) is 5.56 Å². The summed E-state index contributed by atoms with van der Waals surface area (Å²) in [6.07, 6.45) is 0.485. The smallest absolute Gasteiger partial charge is 0.223 e. The summed E-state index contributed by atoms with van der Waals surface area (Å²) in [5, 5.41) is 0. The van der Waals surface area contributed by atoms with Crippen molar-refractivity contribution >= 4 is 18.3 Å². The maximum Gasteiger partial charge on any atom is 0.223 e. The molecule has 2 aromatic carbocycles. The van der Waals surface area contributed by atoms with Crippen LogP contribution in [0.2, 0.25) is 0 Å². The Hall–Kier alpha value is -2.04. The Balaban J connectivity index is 0.00000261. The Kier molecular flexibility index (Phi) is 7.69. The number of nitrogens with zero attached hydrogens (tertiary/aromatic N) is 1. The zero-order valence-electron chi connectivity index (χ0n) is 16.0. The molecule has 27 heavy (non-hydrogen) atoms. The molecule has 0 saturated carbocycles. The van der Waals surface area contributed by atoms with Gasteiger partial charge in [0.15, 0.2) is 0 Å². The monoisotopic (exact) mass is 388 g/mol. The van der Waals surface area contributed by atoms with Crippen LogP contribution in [0.1, 0.15) is 36.3 Å². The second-order valence-corrected chi connectivity index (χ2v) is 7.16. The van der Waals surface area contributed by atoms with Crippen molar-refractivity contribution in [3.8, 4) is 5.75 Å². The van der Waals surface area contributed by atoms with Crippen molar-refractivity contribution in [2.24, 2.45) is 11.7 Å². The number of nitrogens with two attached hydrogens (primary N) is 1. The van der Waals surface area contributed by atoms with Gasteiger partial charge in [-0.05, 0) is 35.6 Å². The van der Waals surface area contributed by atoms with Gasteiger partial charge >= 0.3 is 0 Å². The van der Waals surface area contributed by atoms with Gasteiger partial charge in [0.1, 0.15) is 5.75 Å². The van der Waals surface area contributed by atoms with Crippen LogP contribution >= 0.6 is 12.4 Å². The van der Waals surface area contributed by atoms with Gasteiger partial charge in [0.2, 0.25) is 5.91 Å². The average Bonchev–Trinajstić information content (AvgIpc) is 3.13. The lowest BCUT2D eigenvalue weighted by Gasteiger charge is -2.20. The molecule has 2 N–H and O–H groups in total. The second-order valence-electron chi connectivity index (χ2n) is 7.16. The van der Waals surface area contributed by atoms with Gasteiger partial charge in [0, 0.05) is 25.4 Å². The number of halogens is 1. The number of carbonyl (C=O) groups is 1. The highest BCUT2D eigenvalue weighted by molar-refractivity contribution is 5.85. The quantitative estimate of drug-likeness (QED) is 0.818. The molecule has 1 amide bonds. The van der Waals surface area contributed by atoms with Crippen LogP contribution in [0.4, 0.5) is 0 Å². The van der Waals surface area contributed by atoms with E-state index >= 15 is 0 Å². The number of rotatable bonds is 6. The molecule has 1 unspecified atom stereocenters. The number of ether oxygens (including phenoxy) is 1. The van der Waals surface area contributed by atoms with E-state index < -0.39 is 0 Å². The number of likely N-dealkylation sites (tertiary alicyclic amines) is 1. The van der Waals surface area contributed by atoms with Gasteiger partial charge in [-0.1, -0.05) is 55.5 Å². The zero-order chi connectivity index (χ0) is 18.5. The van der Waals surface area contributed by atoms with Crippen LogP contribution in [0.15, 0.2) is 54.6 Å². The maximum absolute atomic E-state index is 12.9. The largest absolute Gasteiger partial charge is 0.496 e. The molecule has 0 aliphatic carbocycles. The number of carbonyl (C=O) groups excluding carboxylic acids is 1. The Morgan fingerprint density at radius 1 is 1.15 bits per heavy atom. The fourth-order valence-electron chi connectivity index (χ4n) is 3.97. The number of hydrogen-bond acceptors (Lipinski definition) is 3. The molecule has 0 spiro atoms. The predicted octanol–water partition coefficient (Wildman–Crippen LogP) is 3.81. The van der Waals surface area contributed by atoms with E-state index in [9.17, 15) is 4.79 Å². The lowest BCUT2D eigenvalue weighted by atomic mass is 9.89. The summed E-state index contributed by atoms with van der Waals surface area (Å²) in [4.78, 5) is 14.9. The molecule has 3 atom stereocenters. The van der Waals surface area contributed by atoms with Crippen LogP contribution in [0, 0.1) is 5.92 Å². The molecule has 4 nitrogen and oxygen atoms in total. The van der Waals surface area contributed by atoms with E-state index in [1.54, 1.807) is 7.11 Å². The standard InChI is InChI=1S/C22H28N2O2.ClH/c1-16(19-10-6-7-11-21(19)26-2)12-22(25)24-14-18(13-23)20(15-24)17-8-4-3-5-9-17;/h3-11,16,18,20H,12-15,23H2,1-2H3;1H/t16?,18-,20+;/m1./s1. The van der Waals surface area contributed by atoms with Crippen LogP contribution in [-0.2, 0) is 4.79 Å². The number of amides is 1. The SMILES string of the molecule is COc1ccccc1C(C)CC(=O)N1C[C@@H](CN)[C@H](c2ccccc2)C1.Cl. The third kappa shape index (κ3) is 4.82. The topological polar surface area (TPSA) is 55.6 Å². The summed E-state index contributed by atoms with van der Waals surface area (Å²) >= 11 is 0. The first kappa shape index (κ1) is 21.3. The zero-order valence-corrected chi connectivity index (χ0v) is 16.8. The van der Waals surface area contributed by atoms with E-state index in [0.29, 0.717) is 24.8 Å². The third-order valence-corrected chi connectivity index (χ3v) is 5.47. The fourth-order valence-corrected chi connectivity index (χ4v) is 3.97. The molecule has 1 saturated heterocycles. The molecule has 0 aromatic heterocycles. The second kappa shape index (κ2) is 9.77. The Morgan fingerprint density at radius 2 is 1.81 bits per heavy atom. The fraction of sp³-hybridized carbons (Fsp3) is 0.409. The van der Waals surface area contributed by atoms with Crippen molar-refractivity contribution in [2.45, 2.75) is 25.2 Å². The lowest BCUT2D eigenvalue weighted by molar-refractivity contribution is -0.130. The highest BCUT2D eigenvalue weighted by Crippen LogP contribution is 2.34. The van der Waals surface area contributed by atoms with Gasteiger partial charge in [-0.3, -0.25) is 4.79 Å². The van der Waals surface area contributed by atoms with E-state index in [1.807, 2.05) is 35.2 Å². The van der Waals surface area contributed by atoms with Crippen molar-refractivity contribution in [3.63, 3.8) is 0 Å². The van der Waals surface area contributed by atoms with Gasteiger partial charge in [0.25, 0.3) is 0 Å². The molecule has 1 aliphatic heterocycles. The lowest BCUT2D eigenvalue weighted by Crippen LogP contribution is -2.30. The van der Waals surface area contributed by atoms with E-state index in [0.717, 1.165) is 24.4 Å². The summed E-state index contributed by atoms with van der Waals surface area (Å²) < 4.78 is 5.44. The number of benzene rings is 2. The molecule has 0 bridgehead atoms. The summed E-state index contributed by atoms with van der Waals surface area (Å²) in [6.45, 7) is 4.18. The van der Waals surface area contributed by atoms with Gasteiger partial charge < -0.3 is 15.4 Å². The highest BCUT2D eigenvalue weighted by Gasteiger charge is 2.35. The first-order chi connectivity index (χ1) is 12.6. The minimum absolute atomic E-state index is 0. The van der Waals surface area contributed by atoms with Gasteiger partial charge in [-0.2, -0.15) is 0 Å². The highest BCUT2D eigenvalue weighted by atomic mass is 35.5. The minimum atomic E-state index is 0. The molecule has 146 valence electrons. The van der Waals surface area contributed by atoms with Crippen LogP contribution in [0.3, 0.4) is 0 Å². The number of methoxy groups -OCH3 is 1. The Morgan fingerprint density at radius 3 is 2.48 bits per heavy atom. The van der Waals surface area contributed by atoms with E-state index in [2.05, 4.69) is 31.2 Å². The minimum Gasteiger partial charge on any atom is -0.496 e. The maximum atomic E-state index is 12.9. The van der Waals surface area contributed by atoms with Crippen LogP contribution in [-0.4, -0.2) is 37.6 Å². The molecule has 3 rings (SSSR count). The normalized spacial score (nSPS) is 20.0. The van der Waals surface area contributed by atoms with Gasteiger partial charge in [-0.25, -0.2) is 0 Å². The first-order valence-electron chi connectivity index (χ1n) is 9.29. The average molecular weight is 389 g/mol. The summed E-state index contributed by atoms with van der Waals surface area (Å²) in [5.74, 6) is 1.80. The van der Waals surface area contributed by atoms with Crippen molar-refractivity contribution in [1.82, 2.24) is 4.90 Å². The van der Waals surface area contributed by atoms with Gasteiger partial charge in [0.05, 0.1) is 7.11 Å². The summed E-state index contributed by atoms with van der Waals surface area (Å²) in [6, 6.07) is 18.3. The molecule has 0 radical (unpaired) electrons.